The van der Waals surface area contributed by atoms with Crippen LogP contribution in [-0.2, 0) is 20.9 Å². The fourth-order valence-corrected chi connectivity index (χ4v) is 1.58. The Hall–Kier alpha value is -1.55. The molecule has 0 aromatic heterocycles. The summed E-state index contributed by atoms with van der Waals surface area (Å²) in [5, 5.41) is 0.638. The monoisotopic (exact) mass is 269 g/mol. The number of halogens is 1. The lowest BCUT2D eigenvalue weighted by Gasteiger charge is -2.20. The van der Waals surface area contributed by atoms with E-state index in [1.807, 2.05) is 12.1 Å². The minimum atomic E-state index is -0.401. The minimum Gasteiger partial charge on any atom is -0.465 e. The van der Waals surface area contributed by atoms with Crippen LogP contribution in [0.5, 0.6) is 0 Å². The van der Waals surface area contributed by atoms with Crippen molar-refractivity contribution >= 4 is 23.5 Å². The maximum absolute atomic E-state index is 11.4. The second kappa shape index (κ2) is 7.01. The third-order valence-electron chi connectivity index (χ3n) is 2.36. The van der Waals surface area contributed by atoms with Gasteiger partial charge in [-0.15, -0.1) is 0 Å². The second-order valence-corrected chi connectivity index (χ2v) is 4.24. The summed E-state index contributed by atoms with van der Waals surface area (Å²) < 4.78 is 4.83. The molecule has 18 heavy (non-hydrogen) atoms. The Morgan fingerprint density at radius 1 is 1.28 bits per heavy atom. The van der Waals surface area contributed by atoms with Gasteiger partial charge in [-0.1, -0.05) is 23.7 Å². The standard InChI is InChI=1S/C13H16ClNO3/c1-3-18-13(17)9-15(10(2)16)8-11-4-6-12(14)7-5-11/h4-7H,3,8-9H2,1-2H3. The van der Waals surface area contributed by atoms with E-state index in [1.165, 1.54) is 11.8 Å². The van der Waals surface area contributed by atoms with Crippen molar-refractivity contribution in [1.29, 1.82) is 0 Å². The zero-order valence-corrected chi connectivity index (χ0v) is 11.2. The molecule has 1 rings (SSSR count). The normalized spacial score (nSPS) is 9.94. The Bertz CT molecular complexity index is 417. The van der Waals surface area contributed by atoms with Gasteiger partial charge in [0, 0.05) is 18.5 Å². The fraction of sp³-hybridized carbons (Fsp3) is 0.385. The Balaban J connectivity index is 2.65. The van der Waals surface area contributed by atoms with Gasteiger partial charge in [-0.3, -0.25) is 9.59 Å². The summed E-state index contributed by atoms with van der Waals surface area (Å²) in [5.41, 5.74) is 0.916. The van der Waals surface area contributed by atoms with E-state index in [2.05, 4.69) is 0 Å². The highest BCUT2D eigenvalue weighted by molar-refractivity contribution is 6.30. The third kappa shape index (κ3) is 4.75. The van der Waals surface area contributed by atoms with Crippen LogP contribution in [0.3, 0.4) is 0 Å². The highest BCUT2D eigenvalue weighted by atomic mass is 35.5. The van der Waals surface area contributed by atoms with Gasteiger partial charge in [-0.2, -0.15) is 0 Å². The highest BCUT2D eigenvalue weighted by Gasteiger charge is 2.14. The summed E-state index contributed by atoms with van der Waals surface area (Å²) in [7, 11) is 0. The number of nitrogens with zero attached hydrogens (tertiary/aromatic N) is 1. The van der Waals surface area contributed by atoms with Gasteiger partial charge in [0.25, 0.3) is 0 Å². The lowest BCUT2D eigenvalue weighted by Crippen LogP contribution is -2.34. The maximum atomic E-state index is 11.4. The van der Waals surface area contributed by atoms with Crippen molar-refractivity contribution in [3.63, 3.8) is 0 Å². The molecule has 5 heteroatoms. The van der Waals surface area contributed by atoms with E-state index in [4.69, 9.17) is 16.3 Å². The molecule has 0 radical (unpaired) electrons. The third-order valence-corrected chi connectivity index (χ3v) is 2.61. The van der Waals surface area contributed by atoms with Crippen LogP contribution in [-0.4, -0.2) is 29.9 Å². The Morgan fingerprint density at radius 3 is 2.39 bits per heavy atom. The summed E-state index contributed by atoms with van der Waals surface area (Å²) >= 11 is 5.78. The van der Waals surface area contributed by atoms with Crippen molar-refractivity contribution in [2.24, 2.45) is 0 Å². The van der Waals surface area contributed by atoms with E-state index in [1.54, 1.807) is 19.1 Å². The lowest BCUT2D eigenvalue weighted by molar-refractivity contribution is -0.148. The van der Waals surface area contributed by atoms with E-state index in [0.29, 0.717) is 18.2 Å². The summed E-state index contributed by atoms with van der Waals surface area (Å²) in [6.45, 7) is 3.80. The number of esters is 1. The van der Waals surface area contributed by atoms with Crippen LogP contribution in [0.25, 0.3) is 0 Å². The van der Waals surface area contributed by atoms with Gasteiger partial charge in [0.2, 0.25) is 5.91 Å². The predicted molar refractivity (Wildman–Crippen MR) is 69.2 cm³/mol. The molecule has 0 fully saturated rings. The number of hydrogen-bond donors (Lipinski definition) is 0. The molecule has 1 aromatic rings. The smallest absolute Gasteiger partial charge is 0.325 e. The molecule has 4 nitrogen and oxygen atoms in total. The fourth-order valence-electron chi connectivity index (χ4n) is 1.45. The number of amides is 1. The second-order valence-electron chi connectivity index (χ2n) is 3.81. The average Bonchev–Trinajstić information content (AvgIpc) is 2.31. The molecular weight excluding hydrogens is 254 g/mol. The average molecular weight is 270 g/mol. The Kier molecular flexibility index (Phi) is 5.65. The van der Waals surface area contributed by atoms with Crippen molar-refractivity contribution in [2.75, 3.05) is 13.2 Å². The Morgan fingerprint density at radius 2 is 1.89 bits per heavy atom. The van der Waals surface area contributed by atoms with Crippen LogP contribution in [0.1, 0.15) is 19.4 Å². The molecule has 0 aliphatic carbocycles. The maximum Gasteiger partial charge on any atom is 0.325 e. The summed E-state index contributed by atoms with van der Waals surface area (Å²) in [5.74, 6) is -0.570. The first kappa shape index (κ1) is 14.5. The van der Waals surface area contributed by atoms with Crippen LogP contribution in [0.2, 0.25) is 5.02 Å². The van der Waals surface area contributed by atoms with E-state index < -0.39 is 5.97 Å². The molecule has 0 spiro atoms. The number of rotatable bonds is 5. The van der Waals surface area contributed by atoms with E-state index in [-0.39, 0.29) is 12.5 Å². The molecule has 0 aliphatic heterocycles. The first-order valence-electron chi connectivity index (χ1n) is 5.68. The lowest BCUT2D eigenvalue weighted by atomic mass is 10.2. The molecule has 0 heterocycles. The first-order chi connectivity index (χ1) is 8.52. The van der Waals surface area contributed by atoms with Crippen LogP contribution in [0.15, 0.2) is 24.3 Å². The molecule has 1 amide bonds. The highest BCUT2D eigenvalue weighted by Crippen LogP contribution is 2.11. The molecule has 98 valence electrons. The van der Waals surface area contributed by atoms with Crippen LogP contribution in [0, 0.1) is 0 Å². The van der Waals surface area contributed by atoms with Crippen LogP contribution >= 0.6 is 11.6 Å². The Labute approximate surface area is 111 Å². The molecule has 0 unspecified atom stereocenters. The molecule has 0 saturated heterocycles. The van der Waals surface area contributed by atoms with E-state index >= 15 is 0 Å². The van der Waals surface area contributed by atoms with E-state index in [0.717, 1.165) is 5.56 Å². The minimum absolute atomic E-state index is 0.0359. The number of ether oxygens (including phenoxy) is 1. The zero-order chi connectivity index (χ0) is 13.5. The molecule has 0 atom stereocenters. The first-order valence-corrected chi connectivity index (χ1v) is 6.06. The van der Waals surface area contributed by atoms with Gasteiger partial charge >= 0.3 is 5.97 Å². The topological polar surface area (TPSA) is 46.6 Å². The van der Waals surface area contributed by atoms with Gasteiger partial charge in [0.05, 0.1) is 6.61 Å². The SMILES string of the molecule is CCOC(=O)CN(Cc1ccc(Cl)cc1)C(C)=O. The van der Waals surface area contributed by atoms with Gasteiger partial charge in [-0.25, -0.2) is 0 Å². The van der Waals surface area contributed by atoms with E-state index in [9.17, 15) is 9.59 Å². The molecule has 0 saturated carbocycles. The number of carbonyl (C=O) groups is 2. The largest absolute Gasteiger partial charge is 0.465 e. The zero-order valence-electron chi connectivity index (χ0n) is 10.5. The quantitative estimate of drug-likeness (QED) is 0.770. The number of hydrogen-bond acceptors (Lipinski definition) is 3. The molecule has 0 N–H and O–H groups in total. The van der Waals surface area contributed by atoms with Crippen molar-refractivity contribution in [3.05, 3.63) is 34.9 Å². The van der Waals surface area contributed by atoms with Crippen molar-refractivity contribution in [3.8, 4) is 0 Å². The number of benzene rings is 1. The summed E-state index contributed by atoms with van der Waals surface area (Å²) in [4.78, 5) is 24.2. The molecule has 0 bridgehead atoms. The predicted octanol–water partition coefficient (Wildman–Crippen LogP) is 2.25. The van der Waals surface area contributed by atoms with Crippen molar-refractivity contribution in [2.45, 2.75) is 20.4 Å². The van der Waals surface area contributed by atoms with Crippen LogP contribution in [0.4, 0.5) is 0 Å². The van der Waals surface area contributed by atoms with Gasteiger partial charge < -0.3 is 9.64 Å². The molecular formula is C13H16ClNO3. The van der Waals surface area contributed by atoms with Gasteiger partial charge in [0.15, 0.2) is 0 Å². The van der Waals surface area contributed by atoms with Gasteiger partial charge in [0.1, 0.15) is 6.54 Å². The summed E-state index contributed by atoms with van der Waals surface area (Å²) in [6, 6.07) is 7.14. The molecule has 1 aromatic carbocycles. The number of carbonyl (C=O) groups excluding carboxylic acids is 2. The summed E-state index contributed by atoms with van der Waals surface area (Å²) in [6.07, 6.45) is 0. The van der Waals surface area contributed by atoms with Gasteiger partial charge in [-0.05, 0) is 24.6 Å². The van der Waals surface area contributed by atoms with Crippen molar-refractivity contribution < 1.29 is 14.3 Å². The van der Waals surface area contributed by atoms with Crippen molar-refractivity contribution in [1.82, 2.24) is 4.90 Å². The molecule has 0 aliphatic rings. The van der Waals surface area contributed by atoms with Crippen LogP contribution < -0.4 is 0 Å².